The number of rotatable bonds is 0. The molecule has 0 aromatic heterocycles. The third kappa shape index (κ3) is 1.35. The Bertz CT molecular complexity index is 348. The molecule has 0 fully saturated rings. The molecule has 1 aromatic rings. The van der Waals surface area contributed by atoms with Crippen LogP contribution in [0.15, 0.2) is 18.2 Å². The van der Waals surface area contributed by atoms with Gasteiger partial charge in [0.1, 0.15) is 11.9 Å². The molecule has 2 heteroatoms. The van der Waals surface area contributed by atoms with Crippen LogP contribution in [0.4, 0.5) is 5.69 Å². The van der Waals surface area contributed by atoms with Crippen LogP contribution in [-0.4, -0.2) is 19.2 Å². The second kappa shape index (κ2) is 3.19. The highest BCUT2D eigenvalue weighted by atomic mass is 16.5. The summed E-state index contributed by atoms with van der Waals surface area (Å²) in [4.78, 5) is 2.28. The van der Waals surface area contributed by atoms with Crippen molar-refractivity contribution < 1.29 is 4.74 Å². The zero-order chi connectivity index (χ0) is 10.3. The highest BCUT2D eigenvalue weighted by Gasteiger charge is 2.26. The van der Waals surface area contributed by atoms with Crippen LogP contribution in [0.1, 0.15) is 19.4 Å². The number of anilines is 1. The van der Waals surface area contributed by atoms with Gasteiger partial charge in [-0.2, -0.15) is 0 Å². The summed E-state index contributed by atoms with van der Waals surface area (Å²) in [6, 6.07) is 6.80. The first-order valence-electron chi connectivity index (χ1n) is 5.09. The first-order valence-corrected chi connectivity index (χ1v) is 5.09. The molecule has 0 radical (unpaired) electrons. The molecule has 0 saturated carbocycles. The Morgan fingerprint density at radius 3 is 2.71 bits per heavy atom. The molecular weight excluding hydrogens is 174 g/mol. The van der Waals surface area contributed by atoms with E-state index in [2.05, 4.69) is 50.9 Å². The molecule has 1 aliphatic rings. The maximum Gasteiger partial charge on any atom is 0.143 e. The van der Waals surface area contributed by atoms with Gasteiger partial charge in [0.15, 0.2) is 0 Å². The van der Waals surface area contributed by atoms with Crippen LogP contribution in [0.5, 0.6) is 5.75 Å². The Kier molecular flexibility index (Phi) is 2.14. The van der Waals surface area contributed by atoms with Gasteiger partial charge in [-0.25, -0.2) is 0 Å². The van der Waals surface area contributed by atoms with Gasteiger partial charge < -0.3 is 9.64 Å². The molecule has 2 rings (SSSR count). The minimum absolute atomic E-state index is 0.259. The Morgan fingerprint density at radius 1 is 1.29 bits per heavy atom. The van der Waals surface area contributed by atoms with E-state index in [0.717, 1.165) is 5.75 Å². The van der Waals surface area contributed by atoms with E-state index < -0.39 is 0 Å². The van der Waals surface area contributed by atoms with E-state index in [1.807, 2.05) is 0 Å². The van der Waals surface area contributed by atoms with Crippen molar-refractivity contribution in [1.29, 1.82) is 0 Å². The summed E-state index contributed by atoms with van der Waals surface area (Å²) in [5.74, 6) is 1.01. The van der Waals surface area contributed by atoms with Gasteiger partial charge in [-0.1, -0.05) is 6.07 Å². The van der Waals surface area contributed by atoms with Gasteiger partial charge in [-0.15, -0.1) is 0 Å². The van der Waals surface area contributed by atoms with Crippen LogP contribution in [0, 0.1) is 6.92 Å². The lowest BCUT2D eigenvalue weighted by Crippen LogP contribution is -2.44. The van der Waals surface area contributed by atoms with Gasteiger partial charge >= 0.3 is 0 Å². The van der Waals surface area contributed by atoms with Crippen molar-refractivity contribution in [2.45, 2.75) is 32.9 Å². The van der Waals surface area contributed by atoms with Crippen molar-refractivity contribution in [3.05, 3.63) is 23.8 Å². The molecule has 0 saturated heterocycles. The standard InChI is InChI=1S/C12H17NO/c1-8-5-6-11-12(7-8)14-10(3)9(2)13(11)4/h5-7,9-10H,1-4H3. The third-order valence-electron chi connectivity index (χ3n) is 3.10. The van der Waals surface area contributed by atoms with Crippen molar-refractivity contribution in [2.75, 3.05) is 11.9 Å². The number of nitrogens with zero attached hydrogens (tertiary/aromatic N) is 1. The van der Waals surface area contributed by atoms with E-state index in [1.54, 1.807) is 0 Å². The first-order chi connectivity index (χ1) is 6.59. The van der Waals surface area contributed by atoms with Gasteiger partial charge in [0, 0.05) is 7.05 Å². The lowest BCUT2D eigenvalue weighted by molar-refractivity contribution is 0.179. The Labute approximate surface area is 85.5 Å². The highest BCUT2D eigenvalue weighted by molar-refractivity contribution is 5.61. The van der Waals surface area contributed by atoms with E-state index >= 15 is 0 Å². The van der Waals surface area contributed by atoms with Crippen molar-refractivity contribution in [2.24, 2.45) is 0 Å². The van der Waals surface area contributed by atoms with E-state index in [1.165, 1.54) is 11.3 Å². The van der Waals surface area contributed by atoms with Gasteiger partial charge in [0.2, 0.25) is 0 Å². The highest BCUT2D eigenvalue weighted by Crippen LogP contribution is 2.35. The van der Waals surface area contributed by atoms with Gasteiger partial charge in [0.05, 0.1) is 11.7 Å². The maximum absolute atomic E-state index is 5.85. The molecule has 0 spiro atoms. The van der Waals surface area contributed by atoms with E-state index in [9.17, 15) is 0 Å². The molecule has 1 heterocycles. The molecule has 0 amide bonds. The van der Waals surface area contributed by atoms with Crippen LogP contribution >= 0.6 is 0 Å². The van der Waals surface area contributed by atoms with Crippen molar-refractivity contribution >= 4 is 5.69 Å². The molecule has 0 aliphatic carbocycles. The second-order valence-electron chi connectivity index (χ2n) is 4.15. The topological polar surface area (TPSA) is 12.5 Å². The number of likely N-dealkylation sites (N-methyl/N-ethyl adjacent to an activating group) is 1. The zero-order valence-electron chi connectivity index (χ0n) is 9.24. The lowest BCUT2D eigenvalue weighted by atomic mass is 10.1. The minimum atomic E-state index is 0.259. The third-order valence-corrected chi connectivity index (χ3v) is 3.10. The van der Waals surface area contributed by atoms with Crippen LogP contribution in [0.2, 0.25) is 0 Å². The number of hydrogen-bond acceptors (Lipinski definition) is 2. The quantitative estimate of drug-likeness (QED) is 0.625. The smallest absolute Gasteiger partial charge is 0.143 e. The van der Waals surface area contributed by atoms with Crippen molar-refractivity contribution in [3.63, 3.8) is 0 Å². The number of benzene rings is 1. The van der Waals surface area contributed by atoms with Crippen LogP contribution in [0.3, 0.4) is 0 Å². The normalized spacial score (nSPS) is 25.6. The fraction of sp³-hybridized carbons (Fsp3) is 0.500. The number of aryl methyl sites for hydroxylation is 1. The molecule has 76 valence electrons. The molecular formula is C12H17NO. The lowest BCUT2D eigenvalue weighted by Gasteiger charge is -2.38. The average Bonchev–Trinajstić information content (AvgIpc) is 2.14. The molecule has 0 N–H and O–H groups in total. The molecule has 14 heavy (non-hydrogen) atoms. The largest absolute Gasteiger partial charge is 0.486 e. The number of hydrogen-bond donors (Lipinski definition) is 0. The Balaban J connectivity index is 2.45. The molecule has 2 unspecified atom stereocenters. The van der Waals surface area contributed by atoms with E-state index in [4.69, 9.17) is 4.74 Å². The van der Waals surface area contributed by atoms with Crippen LogP contribution in [-0.2, 0) is 0 Å². The molecule has 0 bridgehead atoms. The molecule has 1 aromatic carbocycles. The first kappa shape index (κ1) is 9.38. The van der Waals surface area contributed by atoms with Crippen LogP contribution in [0.25, 0.3) is 0 Å². The van der Waals surface area contributed by atoms with Crippen molar-refractivity contribution in [1.82, 2.24) is 0 Å². The zero-order valence-corrected chi connectivity index (χ0v) is 9.24. The predicted octanol–water partition coefficient (Wildman–Crippen LogP) is 2.60. The maximum atomic E-state index is 5.85. The van der Waals surface area contributed by atoms with Crippen LogP contribution < -0.4 is 9.64 Å². The van der Waals surface area contributed by atoms with Gasteiger partial charge in [0.25, 0.3) is 0 Å². The minimum Gasteiger partial charge on any atom is -0.486 e. The van der Waals surface area contributed by atoms with Gasteiger partial charge in [-0.3, -0.25) is 0 Å². The molecule has 1 aliphatic heterocycles. The monoisotopic (exact) mass is 191 g/mol. The summed E-state index contributed by atoms with van der Waals surface area (Å²) < 4.78 is 5.85. The summed E-state index contributed by atoms with van der Waals surface area (Å²) in [7, 11) is 2.12. The average molecular weight is 191 g/mol. The predicted molar refractivity (Wildman–Crippen MR) is 59.1 cm³/mol. The molecule has 2 atom stereocenters. The number of ether oxygens (including phenoxy) is 1. The Hall–Kier alpha value is -1.18. The summed E-state index contributed by atoms with van der Waals surface area (Å²) in [5, 5.41) is 0. The fourth-order valence-electron chi connectivity index (χ4n) is 1.84. The van der Waals surface area contributed by atoms with E-state index in [0.29, 0.717) is 6.04 Å². The summed E-state index contributed by atoms with van der Waals surface area (Å²) in [6.45, 7) is 6.40. The second-order valence-corrected chi connectivity index (χ2v) is 4.15. The van der Waals surface area contributed by atoms with E-state index in [-0.39, 0.29) is 6.10 Å². The van der Waals surface area contributed by atoms with Gasteiger partial charge in [-0.05, 0) is 38.5 Å². The Morgan fingerprint density at radius 2 is 2.00 bits per heavy atom. The summed E-state index contributed by atoms with van der Waals surface area (Å²) in [6.07, 6.45) is 0.259. The summed E-state index contributed by atoms with van der Waals surface area (Å²) in [5.41, 5.74) is 2.44. The van der Waals surface area contributed by atoms with Crippen molar-refractivity contribution in [3.8, 4) is 5.75 Å². The fourth-order valence-corrected chi connectivity index (χ4v) is 1.84. The summed E-state index contributed by atoms with van der Waals surface area (Å²) >= 11 is 0. The molecule has 2 nitrogen and oxygen atoms in total. The SMILES string of the molecule is Cc1ccc2c(c1)OC(C)C(C)N2C. The number of fused-ring (bicyclic) bond motifs is 1.